The number of piperidine rings is 2. The molecule has 4 rings (SSSR count). The fourth-order valence-corrected chi connectivity index (χ4v) is 5.57. The van der Waals surface area contributed by atoms with E-state index in [-0.39, 0.29) is 0 Å². The van der Waals surface area contributed by atoms with Gasteiger partial charge in [-0.1, -0.05) is 25.5 Å². The molecule has 0 bridgehead atoms. The number of hydrogen-bond acceptors (Lipinski definition) is 3. The Morgan fingerprint density at radius 2 is 1.61 bits per heavy atom. The molecule has 1 atom stereocenters. The van der Waals surface area contributed by atoms with Crippen LogP contribution in [-0.4, -0.2) is 43.7 Å². The predicted octanol–water partition coefficient (Wildman–Crippen LogP) is 4.84. The molecule has 2 saturated heterocycles. The zero-order valence-electron chi connectivity index (χ0n) is 18.0. The summed E-state index contributed by atoms with van der Waals surface area (Å²) in [5.41, 5.74) is 9.23. The van der Waals surface area contributed by atoms with Crippen molar-refractivity contribution in [3.8, 4) is 0 Å². The van der Waals surface area contributed by atoms with Gasteiger partial charge in [0.15, 0.2) is 0 Å². The quantitative estimate of drug-likeness (QED) is 0.731. The maximum Gasteiger partial charge on any atom is 0.0366 e. The van der Waals surface area contributed by atoms with Gasteiger partial charge in [-0.2, -0.15) is 0 Å². The topological polar surface area (TPSA) is 32.5 Å². The largest absolute Gasteiger partial charge is 0.371 e. The van der Waals surface area contributed by atoms with E-state index in [2.05, 4.69) is 41.0 Å². The second kappa shape index (κ2) is 9.17. The van der Waals surface area contributed by atoms with Crippen molar-refractivity contribution in [3.63, 3.8) is 0 Å². The minimum atomic E-state index is 0.649. The molecule has 0 aromatic heterocycles. The van der Waals surface area contributed by atoms with E-state index in [1.54, 1.807) is 0 Å². The molecule has 3 nitrogen and oxygen atoms in total. The van der Waals surface area contributed by atoms with Gasteiger partial charge >= 0.3 is 0 Å². The van der Waals surface area contributed by atoms with Crippen molar-refractivity contribution in [1.82, 2.24) is 4.90 Å². The molecular weight excluding hydrogens is 342 g/mol. The van der Waals surface area contributed by atoms with Gasteiger partial charge in [0.25, 0.3) is 0 Å². The Hall–Kier alpha value is -1.06. The summed E-state index contributed by atoms with van der Waals surface area (Å²) in [6, 6.07) is 10.4. The van der Waals surface area contributed by atoms with Gasteiger partial charge < -0.3 is 15.5 Å². The van der Waals surface area contributed by atoms with E-state index in [9.17, 15) is 0 Å². The monoisotopic (exact) mass is 383 g/mol. The maximum absolute atomic E-state index is 5.67. The number of anilines is 1. The van der Waals surface area contributed by atoms with Gasteiger partial charge in [-0.25, -0.2) is 0 Å². The third kappa shape index (κ3) is 4.74. The van der Waals surface area contributed by atoms with Crippen molar-refractivity contribution in [2.75, 3.05) is 37.6 Å². The molecule has 1 saturated carbocycles. The summed E-state index contributed by atoms with van der Waals surface area (Å²) in [6.07, 6.45) is 13.6. The van der Waals surface area contributed by atoms with Crippen LogP contribution in [0.15, 0.2) is 24.3 Å². The van der Waals surface area contributed by atoms with E-state index in [1.165, 1.54) is 95.2 Å². The van der Waals surface area contributed by atoms with E-state index >= 15 is 0 Å². The Morgan fingerprint density at radius 3 is 2.18 bits per heavy atom. The molecule has 28 heavy (non-hydrogen) atoms. The van der Waals surface area contributed by atoms with Gasteiger partial charge in [0.1, 0.15) is 0 Å². The van der Waals surface area contributed by atoms with Crippen LogP contribution in [0.5, 0.6) is 0 Å². The van der Waals surface area contributed by atoms with Gasteiger partial charge in [0, 0.05) is 24.8 Å². The highest BCUT2D eigenvalue weighted by atomic mass is 15.2. The minimum absolute atomic E-state index is 0.649. The van der Waals surface area contributed by atoms with Crippen molar-refractivity contribution in [2.45, 2.75) is 77.2 Å². The molecule has 1 unspecified atom stereocenters. The van der Waals surface area contributed by atoms with Crippen LogP contribution in [0.25, 0.3) is 0 Å². The van der Waals surface area contributed by atoms with Crippen molar-refractivity contribution in [3.05, 3.63) is 29.8 Å². The molecular formula is C25H41N3. The molecule has 3 heteroatoms. The Kier molecular flexibility index (Phi) is 6.62. The summed E-state index contributed by atoms with van der Waals surface area (Å²) in [7, 11) is 0. The van der Waals surface area contributed by atoms with E-state index in [0.29, 0.717) is 5.41 Å². The van der Waals surface area contributed by atoms with Crippen LogP contribution in [0.1, 0.15) is 70.3 Å². The molecule has 1 aromatic carbocycles. The second-order valence-electron chi connectivity index (χ2n) is 10.00. The molecule has 2 aliphatic heterocycles. The summed E-state index contributed by atoms with van der Waals surface area (Å²) >= 11 is 0. The minimum Gasteiger partial charge on any atom is -0.371 e. The highest BCUT2D eigenvalue weighted by Crippen LogP contribution is 2.43. The molecule has 156 valence electrons. The molecule has 3 aliphatic rings. The van der Waals surface area contributed by atoms with Gasteiger partial charge in [0.2, 0.25) is 0 Å². The van der Waals surface area contributed by atoms with Crippen LogP contribution in [0.3, 0.4) is 0 Å². The number of hydrogen-bond donors (Lipinski definition) is 1. The van der Waals surface area contributed by atoms with Gasteiger partial charge in [0.05, 0.1) is 0 Å². The van der Waals surface area contributed by atoms with Crippen LogP contribution in [0.4, 0.5) is 5.69 Å². The smallest absolute Gasteiger partial charge is 0.0366 e. The lowest BCUT2D eigenvalue weighted by Crippen LogP contribution is -2.50. The zero-order valence-corrected chi connectivity index (χ0v) is 18.0. The lowest BCUT2D eigenvalue weighted by Gasteiger charge is -2.50. The number of nitrogens with zero attached hydrogens (tertiary/aromatic N) is 2. The number of benzene rings is 1. The molecule has 3 fully saturated rings. The SMILES string of the molecule is CC(CCN)CCc1ccc(N2CCC3(CC2)CCN(C2CCC2)CC3)cc1. The fraction of sp³-hybridized carbons (Fsp3) is 0.760. The number of likely N-dealkylation sites (tertiary alicyclic amines) is 1. The Labute approximate surface area is 172 Å². The number of aryl methyl sites for hydroxylation is 1. The fourth-order valence-electron chi connectivity index (χ4n) is 5.57. The first-order valence-corrected chi connectivity index (χ1v) is 12.0. The van der Waals surface area contributed by atoms with Crippen molar-refractivity contribution >= 4 is 5.69 Å². The predicted molar refractivity (Wildman–Crippen MR) is 120 cm³/mol. The van der Waals surface area contributed by atoms with Crippen LogP contribution < -0.4 is 10.6 Å². The molecule has 1 aromatic rings. The summed E-state index contributed by atoms with van der Waals surface area (Å²) in [5, 5.41) is 0. The number of rotatable bonds is 7. The number of nitrogens with two attached hydrogens (primary N) is 1. The molecule has 0 radical (unpaired) electrons. The third-order valence-electron chi connectivity index (χ3n) is 8.16. The Bertz CT molecular complexity index is 589. The maximum atomic E-state index is 5.67. The second-order valence-corrected chi connectivity index (χ2v) is 10.00. The first kappa shape index (κ1) is 20.2. The molecule has 1 aliphatic carbocycles. The Morgan fingerprint density at radius 1 is 0.964 bits per heavy atom. The Balaban J connectivity index is 1.23. The first-order chi connectivity index (χ1) is 13.7. The summed E-state index contributed by atoms with van der Waals surface area (Å²) in [4.78, 5) is 5.43. The summed E-state index contributed by atoms with van der Waals surface area (Å²) in [5.74, 6) is 0.735. The normalized spacial score (nSPS) is 24.3. The summed E-state index contributed by atoms with van der Waals surface area (Å²) < 4.78 is 0. The van der Waals surface area contributed by atoms with Crippen molar-refractivity contribution in [2.24, 2.45) is 17.1 Å². The van der Waals surface area contributed by atoms with Gasteiger partial charge in [-0.15, -0.1) is 0 Å². The van der Waals surface area contributed by atoms with Gasteiger partial charge in [-0.3, -0.25) is 0 Å². The lowest BCUT2D eigenvalue weighted by atomic mass is 9.70. The molecule has 2 heterocycles. The van der Waals surface area contributed by atoms with E-state index < -0.39 is 0 Å². The third-order valence-corrected chi connectivity index (χ3v) is 8.16. The van der Waals surface area contributed by atoms with Crippen molar-refractivity contribution in [1.29, 1.82) is 0 Å². The van der Waals surface area contributed by atoms with Crippen LogP contribution in [0.2, 0.25) is 0 Å². The standard InChI is InChI=1S/C25H41N3/c1-21(11-16-26)5-6-22-7-9-24(10-8-22)28-19-14-25(15-20-28)12-17-27(18-13-25)23-3-2-4-23/h7-10,21,23H,2-6,11-20,26H2,1H3. The first-order valence-electron chi connectivity index (χ1n) is 12.0. The molecule has 2 N–H and O–H groups in total. The zero-order chi connectivity index (χ0) is 19.4. The van der Waals surface area contributed by atoms with Crippen LogP contribution in [-0.2, 0) is 6.42 Å². The van der Waals surface area contributed by atoms with E-state index in [0.717, 1.165) is 24.9 Å². The highest BCUT2D eigenvalue weighted by molar-refractivity contribution is 5.48. The van der Waals surface area contributed by atoms with E-state index in [4.69, 9.17) is 5.73 Å². The lowest BCUT2D eigenvalue weighted by molar-refractivity contribution is 0.0306. The highest BCUT2D eigenvalue weighted by Gasteiger charge is 2.39. The van der Waals surface area contributed by atoms with E-state index in [1.807, 2.05) is 0 Å². The summed E-state index contributed by atoms with van der Waals surface area (Å²) in [6.45, 7) is 8.35. The van der Waals surface area contributed by atoms with Gasteiger partial charge in [-0.05, 0) is 106 Å². The molecule has 0 amide bonds. The average Bonchev–Trinajstić information content (AvgIpc) is 2.68. The molecule has 1 spiro atoms. The average molecular weight is 384 g/mol. The van der Waals surface area contributed by atoms with Crippen molar-refractivity contribution < 1.29 is 0 Å². The van der Waals surface area contributed by atoms with Crippen LogP contribution in [0, 0.1) is 11.3 Å². The van der Waals surface area contributed by atoms with Crippen LogP contribution >= 0.6 is 0 Å².